The lowest BCUT2D eigenvalue weighted by molar-refractivity contribution is 0.211. The number of anilines is 1. The number of likely N-dealkylation sites (tertiary alicyclic amines) is 1. The van der Waals surface area contributed by atoms with Gasteiger partial charge in [-0.2, -0.15) is 0 Å². The number of fused-ring (bicyclic) bond motifs is 1. The van der Waals surface area contributed by atoms with Crippen LogP contribution in [0.15, 0.2) is 48.5 Å². The average Bonchev–Trinajstić information content (AvgIpc) is 2.99. The fraction of sp³-hybridized carbons (Fsp3) is 0.316. The van der Waals surface area contributed by atoms with Crippen molar-refractivity contribution in [3.63, 3.8) is 0 Å². The second-order valence-electron chi connectivity index (χ2n) is 6.31. The fourth-order valence-electron chi connectivity index (χ4n) is 3.21. The predicted molar refractivity (Wildman–Crippen MR) is 103 cm³/mol. The molecular formula is C19H20ClN3S. The summed E-state index contributed by atoms with van der Waals surface area (Å²) in [4.78, 5) is 7.20. The largest absolute Gasteiger partial charge is 0.359 e. The van der Waals surface area contributed by atoms with E-state index in [1.54, 1.807) is 11.3 Å². The first kappa shape index (κ1) is 15.9. The van der Waals surface area contributed by atoms with Crippen LogP contribution >= 0.6 is 22.9 Å². The van der Waals surface area contributed by atoms with Crippen molar-refractivity contribution in [2.75, 3.05) is 18.4 Å². The number of benzene rings is 2. The summed E-state index contributed by atoms with van der Waals surface area (Å²) in [5.74, 6) is 0. The summed E-state index contributed by atoms with van der Waals surface area (Å²) in [7, 11) is 0. The smallest absolute Gasteiger partial charge is 0.184 e. The zero-order chi connectivity index (χ0) is 16.4. The molecule has 0 radical (unpaired) electrons. The molecule has 1 aliphatic heterocycles. The summed E-state index contributed by atoms with van der Waals surface area (Å²) in [5.41, 5.74) is 2.42. The quantitative estimate of drug-likeness (QED) is 0.710. The number of nitrogens with zero attached hydrogens (tertiary/aromatic N) is 2. The Balaban J connectivity index is 1.34. The molecule has 3 aromatic rings. The molecule has 0 unspecified atom stereocenters. The molecule has 0 aliphatic carbocycles. The SMILES string of the molecule is Clc1ccc2nc(NC3CCN(Cc4ccccc4)CC3)sc2c1. The molecule has 124 valence electrons. The molecule has 1 aliphatic rings. The maximum absolute atomic E-state index is 6.06. The van der Waals surface area contributed by atoms with Gasteiger partial charge in [0.15, 0.2) is 5.13 Å². The highest BCUT2D eigenvalue weighted by Crippen LogP contribution is 2.29. The molecule has 0 saturated carbocycles. The third-order valence-electron chi connectivity index (χ3n) is 4.51. The Labute approximate surface area is 151 Å². The Kier molecular flexibility index (Phi) is 4.69. The van der Waals surface area contributed by atoms with Crippen LogP contribution in [0.3, 0.4) is 0 Å². The minimum absolute atomic E-state index is 0.507. The summed E-state index contributed by atoms with van der Waals surface area (Å²) in [6.07, 6.45) is 2.31. The van der Waals surface area contributed by atoms with Crippen LogP contribution in [-0.2, 0) is 6.54 Å². The number of hydrogen-bond donors (Lipinski definition) is 1. The van der Waals surface area contributed by atoms with Crippen LogP contribution in [0.25, 0.3) is 10.2 Å². The molecule has 0 atom stereocenters. The highest BCUT2D eigenvalue weighted by Gasteiger charge is 2.20. The first-order valence-electron chi connectivity index (χ1n) is 8.35. The number of rotatable bonds is 4. The third-order valence-corrected chi connectivity index (χ3v) is 5.70. The highest BCUT2D eigenvalue weighted by atomic mass is 35.5. The number of piperidine rings is 1. The topological polar surface area (TPSA) is 28.2 Å². The van der Waals surface area contributed by atoms with E-state index in [0.717, 1.165) is 52.8 Å². The molecule has 1 N–H and O–H groups in total. The van der Waals surface area contributed by atoms with Crippen molar-refractivity contribution in [2.24, 2.45) is 0 Å². The maximum atomic E-state index is 6.06. The molecule has 0 bridgehead atoms. The lowest BCUT2D eigenvalue weighted by atomic mass is 10.0. The molecule has 24 heavy (non-hydrogen) atoms. The van der Waals surface area contributed by atoms with Gasteiger partial charge in [0.05, 0.1) is 10.2 Å². The minimum Gasteiger partial charge on any atom is -0.359 e. The second-order valence-corrected chi connectivity index (χ2v) is 7.78. The first-order valence-corrected chi connectivity index (χ1v) is 9.55. The highest BCUT2D eigenvalue weighted by molar-refractivity contribution is 7.22. The number of halogens is 1. The van der Waals surface area contributed by atoms with Crippen molar-refractivity contribution in [2.45, 2.75) is 25.4 Å². The van der Waals surface area contributed by atoms with Crippen LogP contribution in [0.5, 0.6) is 0 Å². The van der Waals surface area contributed by atoms with Crippen molar-refractivity contribution < 1.29 is 0 Å². The maximum Gasteiger partial charge on any atom is 0.184 e. The van der Waals surface area contributed by atoms with Gasteiger partial charge >= 0.3 is 0 Å². The molecule has 1 aromatic heterocycles. The Morgan fingerprint density at radius 2 is 1.92 bits per heavy atom. The molecule has 1 saturated heterocycles. The second kappa shape index (κ2) is 7.09. The molecule has 0 spiro atoms. The van der Waals surface area contributed by atoms with E-state index >= 15 is 0 Å². The van der Waals surface area contributed by atoms with Gasteiger partial charge in [-0.15, -0.1) is 0 Å². The molecule has 4 rings (SSSR count). The summed E-state index contributed by atoms with van der Waals surface area (Å²) in [5, 5.41) is 5.39. The summed E-state index contributed by atoms with van der Waals surface area (Å²) < 4.78 is 1.14. The number of nitrogens with one attached hydrogen (secondary N) is 1. The number of hydrogen-bond acceptors (Lipinski definition) is 4. The zero-order valence-corrected chi connectivity index (χ0v) is 15.0. The van der Waals surface area contributed by atoms with Crippen molar-refractivity contribution in [1.29, 1.82) is 0 Å². The van der Waals surface area contributed by atoms with E-state index in [2.05, 4.69) is 45.5 Å². The van der Waals surface area contributed by atoms with E-state index in [4.69, 9.17) is 11.6 Å². The Bertz CT molecular complexity index is 810. The molecule has 0 amide bonds. The van der Waals surface area contributed by atoms with E-state index < -0.39 is 0 Å². The van der Waals surface area contributed by atoms with Crippen molar-refractivity contribution in [1.82, 2.24) is 9.88 Å². The Morgan fingerprint density at radius 1 is 1.12 bits per heavy atom. The van der Waals surface area contributed by atoms with Gasteiger partial charge in [0.2, 0.25) is 0 Å². The van der Waals surface area contributed by atoms with Gasteiger partial charge in [-0.25, -0.2) is 4.98 Å². The van der Waals surface area contributed by atoms with Crippen LogP contribution in [0.1, 0.15) is 18.4 Å². The molecule has 2 aromatic carbocycles. The van der Waals surface area contributed by atoms with Gasteiger partial charge in [-0.1, -0.05) is 53.3 Å². The lowest BCUT2D eigenvalue weighted by Crippen LogP contribution is -2.38. The Morgan fingerprint density at radius 3 is 2.71 bits per heavy atom. The van der Waals surface area contributed by atoms with E-state index in [-0.39, 0.29) is 0 Å². The van der Waals surface area contributed by atoms with Gasteiger partial charge in [0.25, 0.3) is 0 Å². The van der Waals surface area contributed by atoms with Crippen molar-refractivity contribution >= 4 is 38.3 Å². The van der Waals surface area contributed by atoms with Crippen LogP contribution in [0.2, 0.25) is 5.02 Å². The summed E-state index contributed by atoms with van der Waals surface area (Å²) >= 11 is 7.74. The van der Waals surface area contributed by atoms with Gasteiger partial charge in [0, 0.05) is 30.7 Å². The van der Waals surface area contributed by atoms with Gasteiger partial charge < -0.3 is 5.32 Å². The normalized spacial score (nSPS) is 16.5. The van der Waals surface area contributed by atoms with Crippen LogP contribution in [0.4, 0.5) is 5.13 Å². The van der Waals surface area contributed by atoms with E-state index in [1.165, 1.54) is 5.56 Å². The minimum atomic E-state index is 0.507. The number of thiazole rings is 1. The van der Waals surface area contributed by atoms with Crippen molar-refractivity contribution in [3.05, 3.63) is 59.1 Å². The van der Waals surface area contributed by atoms with Gasteiger partial charge in [-0.3, -0.25) is 4.90 Å². The third kappa shape index (κ3) is 3.72. The zero-order valence-electron chi connectivity index (χ0n) is 13.4. The summed E-state index contributed by atoms with van der Waals surface area (Å²) in [6.45, 7) is 3.31. The fourth-order valence-corrected chi connectivity index (χ4v) is 4.43. The van der Waals surface area contributed by atoms with Gasteiger partial charge in [0.1, 0.15) is 0 Å². The van der Waals surface area contributed by atoms with Crippen LogP contribution in [0, 0.1) is 0 Å². The average molecular weight is 358 g/mol. The van der Waals surface area contributed by atoms with Gasteiger partial charge in [-0.05, 0) is 36.6 Å². The summed E-state index contributed by atoms with van der Waals surface area (Å²) in [6, 6.07) is 17.1. The first-order chi connectivity index (χ1) is 11.8. The number of aromatic nitrogens is 1. The molecular weight excluding hydrogens is 338 g/mol. The predicted octanol–water partition coefficient (Wildman–Crippen LogP) is 5.03. The van der Waals surface area contributed by atoms with E-state index in [0.29, 0.717) is 6.04 Å². The van der Waals surface area contributed by atoms with Crippen molar-refractivity contribution in [3.8, 4) is 0 Å². The molecule has 1 fully saturated rings. The molecule has 2 heterocycles. The van der Waals surface area contributed by atoms with Crippen LogP contribution < -0.4 is 5.32 Å². The van der Waals surface area contributed by atoms with E-state index in [1.807, 2.05) is 18.2 Å². The van der Waals surface area contributed by atoms with Crippen LogP contribution in [-0.4, -0.2) is 29.0 Å². The van der Waals surface area contributed by atoms with E-state index in [9.17, 15) is 0 Å². The Hall–Kier alpha value is -1.62. The monoisotopic (exact) mass is 357 g/mol. The standard InChI is InChI=1S/C19H20ClN3S/c20-15-6-7-17-18(12-15)24-19(22-17)21-16-8-10-23(11-9-16)13-14-4-2-1-3-5-14/h1-7,12,16H,8-11,13H2,(H,21,22). The molecule has 5 heteroatoms. The lowest BCUT2D eigenvalue weighted by Gasteiger charge is -2.32. The molecule has 3 nitrogen and oxygen atoms in total.